The smallest absolute Gasteiger partial charge is 0.307 e. The summed E-state index contributed by atoms with van der Waals surface area (Å²) in [5, 5.41) is 14.9. The molecule has 26 heavy (non-hydrogen) atoms. The van der Waals surface area contributed by atoms with Gasteiger partial charge in [-0.05, 0) is 30.4 Å². The van der Waals surface area contributed by atoms with Crippen LogP contribution in [0.2, 0.25) is 0 Å². The molecule has 1 aromatic rings. The van der Waals surface area contributed by atoms with Crippen LogP contribution in [-0.2, 0) is 14.4 Å². The van der Waals surface area contributed by atoms with Crippen molar-refractivity contribution < 1.29 is 24.2 Å². The summed E-state index contributed by atoms with van der Waals surface area (Å²) in [5.41, 5.74) is 0.305. The van der Waals surface area contributed by atoms with Gasteiger partial charge in [-0.1, -0.05) is 20.3 Å². The monoisotopic (exact) mass is 360 g/mol. The zero-order valence-corrected chi connectivity index (χ0v) is 15.2. The molecule has 140 valence electrons. The number of carboxylic acids is 1. The molecule has 0 aromatic heterocycles. The number of carbonyl (C=O) groups excluding carboxylic acids is 2. The molecule has 7 heteroatoms. The van der Waals surface area contributed by atoms with Crippen LogP contribution in [0.15, 0.2) is 18.2 Å². The van der Waals surface area contributed by atoms with Gasteiger partial charge < -0.3 is 20.5 Å². The van der Waals surface area contributed by atoms with E-state index in [0.29, 0.717) is 17.1 Å². The molecule has 0 heterocycles. The number of ether oxygens (including phenoxy) is 1. The molecule has 3 rings (SSSR count). The lowest BCUT2D eigenvalue weighted by Crippen LogP contribution is -2.28. The number of methoxy groups -OCH3 is 1. The number of hydrogen-bond donors (Lipinski definition) is 3. The van der Waals surface area contributed by atoms with Crippen molar-refractivity contribution in [1.29, 1.82) is 0 Å². The normalized spacial score (nSPS) is 23.5. The van der Waals surface area contributed by atoms with Crippen LogP contribution in [0.3, 0.4) is 0 Å². The molecule has 0 spiro atoms. The number of rotatable bonds is 6. The van der Waals surface area contributed by atoms with E-state index in [-0.39, 0.29) is 17.7 Å². The van der Waals surface area contributed by atoms with Gasteiger partial charge in [-0.25, -0.2) is 0 Å². The summed E-state index contributed by atoms with van der Waals surface area (Å²) in [6, 6.07) is 5.00. The Bertz CT molecular complexity index is 754. The first-order chi connectivity index (χ1) is 12.3. The highest BCUT2D eigenvalue weighted by molar-refractivity contribution is 6.04. The average Bonchev–Trinajstić information content (AvgIpc) is 3.10. The largest absolute Gasteiger partial charge is 0.497 e. The zero-order chi connectivity index (χ0) is 19.1. The molecule has 1 aromatic carbocycles. The number of amides is 2. The molecule has 0 radical (unpaired) electrons. The van der Waals surface area contributed by atoms with Crippen LogP contribution in [-0.4, -0.2) is 30.0 Å². The summed E-state index contributed by atoms with van der Waals surface area (Å²) >= 11 is 0. The second-order valence-electron chi connectivity index (χ2n) is 7.63. The van der Waals surface area contributed by atoms with Crippen LogP contribution in [0.4, 0.5) is 11.4 Å². The molecule has 0 unspecified atom stereocenters. The lowest BCUT2D eigenvalue weighted by Gasteiger charge is -2.24. The predicted molar refractivity (Wildman–Crippen MR) is 96.0 cm³/mol. The fraction of sp³-hybridized carbons (Fsp3) is 0.526. The average molecular weight is 360 g/mol. The SMILES string of the molecule is COc1ccc(NC(=O)C2CCC2)c(NC(=O)[C@H]2[C@@H](C(=O)O)C2(C)C)c1. The summed E-state index contributed by atoms with van der Waals surface area (Å²) in [6.07, 6.45) is 2.80. The number of carbonyl (C=O) groups is 3. The fourth-order valence-corrected chi connectivity index (χ4v) is 3.57. The minimum absolute atomic E-state index is 0.0133. The number of anilines is 2. The number of aliphatic carboxylic acids is 1. The molecule has 0 aliphatic heterocycles. The van der Waals surface area contributed by atoms with Crippen molar-refractivity contribution in [2.24, 2.45) is 23.2 Å². The van der Waals surface area contributed by atoms with Gasteiger partial charge in [0, 0.05) is 12.0 Å². The summed E-state index contributed by atoms with van der Waals surface area (Å²) in [5.74, 6) is -2.17. The van der Waals surface area contributed by atoms with Crippen molar-refractivity contribution in [2.75, 3.05) is 17.7 Å². The van der Waals surface area contributed by atoms with Gasteiger partial charge in [0.1, 0.15) is 5.75 Å². The van der Waals surface area contributed by atoms with Crippen LogP contribution < -0.4 is 15.4 Å². The third kappa shape index (κ3) is 3.25. The van der Waals surface area contributed by atoms with Gasteiger partial charge in [-0.3, -0.25) is 14.4 Å². The van der Waals surface area contributed by atoms with Gasteiger partial charge in [0.05, 0.1) is 30.3 Å². The van der Waals surface area contributed by atoms with Crippen LogP contribution in [0, 0.1) is 23.2 Å². The van der Waals surface area contributed by atoms with E-state index in [0.717, 1.165) is 19.3 Å². The number of hydrogen-bond acceptors (Lipinski definition) is 4. The Kier molecular flexibility index (Phi) is 4.64. The Balaban J connectivity index is 1.78. The maximum absolute atomic E-state index is 12.6. The Morgan fingerprint density at radius 1 is 1.08 bits per heavy atom. The first kappa shape index (κ1) is 18.2. The van der Waals surface area contributed by atoms with Gasteiger partial charge in [0.15, 0.2) is 0 Å². The first-order valence-corrected chi connectivity index (χ1v) is 8.78. The topological polar surface area (TPSA) is 105 Å². The fourth-order valence-electron chi connectivity index (χ4n) is 3.57. The molecule has 2 fully saturated rings. The highest BCUT2D eigenvalue weighted by Crippen LogP contribution is 2.58. The van der Waals surface area contributed by atoms with E-state index < -0.39 is 23.2 Å². The Morgan fingerprint density at radius 2 is 1.73 bits per heavy atom. The van der Waals surface area contributed by atoms with Crippen LogP contribution in [0.25, 0.3) is 0 Å². The highest BCUT2D eigenvalue weighted by Gasteiger charge is 2.65. The minimum Gasteiger partial charge on any atom is -0.497 e. The summed E-state index contributed by atoms with van der Waals surface area (Å²) in [6.45, 7) is 3.53. The lowest BCUT2D eigenvalue weighted by atomic mass is 9.85. The van der Waals surface area contributed by atoms with Crippen LogP contribution in [0.1, 0.15) is 33.1 Å². The molecular weight excluding hydrogens is 336 g/mol. The molecule has 2 aliphatic carbocycles. The van der Waals surface area contributed by atoms with Crippen molar-refractivity contribution in [3.63, 3.8) is 0 Å². The Hall–Kier alpha value is -2.57. The van der Waals surface area contributed by atoms with Gasteiger partial charge in [-0.15, -0.1) is 0 Å². The summed E-state index contributed by atoms with van der Waals surface area (Å²) < 4.78 is 5.19. The van der Waals surface area contributed by atoms with Crippen molar-refractivity contribution in [1.82, 2.24) is 0 Å². The second kappa shape index (κ2) is 6.63. The first-order valence-electron chi connectivity index (χ1n) is 8.78. The standard InChI is InChI=1S/C19H24N2O5/c1-19(2)14(15(19)18(24)25)17(23)21-13-9-11(26-3)7-8-12(13)20-16(22)10-5-4-6-10/h7-10,14-15H,4-6H2,1-3H3,(H,20,22)(H,21,23)(H,24,25)/t14-,15+/m1/s1. The summed E-state index contributed by atoms with van der Waals surface area (Å²) in [4.78, 5) is 36.2. The van der Waals surface area contributed by atoms with Gasteiger partial charge in [-0.2, -0.15) is 0 Å². The van der Waals surface area contributed by atoms with Crippen molar-refractivity contribution in [3.8, 4) is 5.75 Å². The second-order valence-corrected chi connectivity index (χ2v) is 7.63. The summed E-state index contributed by atoms with van der Waals surface area (Å²) in [7, 11) is 1.51. The molecule has 2 atom stereocenters. The van der Waals surface area contributed by atoms with E-state index in [1.165, 1.54) is 7.11 Å². The Labute approximate surface area is 152 Å². The molecule has 2 aliphatic rings. The number of benzene rings is 1. The van der Waals surface area contributed by atoms with Crippen molar-refractivity contribution >= 4 is 29.2 Å². The van der Waals surface area contributed by atoms with Crippen molar-refractivity contribution in [3.05, 3.63) is 18.2 Å². The van der Waals surface area contributed by atoms with Crippen LogP contribution >= 0.6 is 0 Å². The minimum atomic E-state index is -0.973. The third-order valence-corrected chi connectivity index (χ3v) is 5.59. The number of carboxylic acid groups (broad SMARTS) is 1. The van der Waals surface area contributed by atoms with Gasteiger partial charge in [0.2, 0.25) is 11.8 Å². The van der Waals surface area contributed by atoms with E-state index in [4.69, 9.17) is 4.74 Å². The molecule has 7 nitrogen and oxygen atoms in total. The zero-order valence-electron chi connectivity index (χ0n) is 15.2. The van der Waals surface area contributed by atoms with Crippen molar-refractivity contribution in [2.45, 2.75) is 33.1 Å². The quantitative estimate of drug-likeness (QED) is 0.723. The lowest BCUT2D eigenvalue weighted by molar-refractivity contribution is -0.140. The van der Waals surface area contributed by atoms with Gasteiger partial charge in [0.25, 0.3) is 0 Å². The van der Waals surface area contributed by atoms with E-state index in [1.807, 2.05) is 0 Å². The molecule has 2 amide bonds. The van der Waals surface area contributed by atoms with E-state index in [2.05, 4.69) is 10.6 Å². The predicted octanol–water partition coefficient (Wildman–Crippen LogP) is 2.73. The van der Waals surface area contributed by atoms with Gasteiger partial charge >= 0.3 is 5.97 Å². The Morgan fingerprint density at radius 3 is 2.23 bits per heavy atom. The molecule has 3 N–H and O–H groups in total. The van der Waals surface area contributed by atoms with Crippen LogP contribution in [0.5, 0.6) is 5.75 Å². The molecular formula is C19H24N2O5. The van der Waals surface area contributed by atoms with E-state index in [9.17, 15) is 19.5 Å². The maximum atomic E-state index is 12.6. The highest BCUT2D eigenvalue weighted by atomic mass is 16.5. The third-order valence-electron chi connectivity index (χ3n) is 5.59. The molecule has 0 saturated heterocycles. The van der Waals surface area contributed by atoms with E-state index in [1.54, 1.807) is 32.0 Å². The number of nitrogens with one attached hydrogen (secondary N) is 2. The molecule has 0 bridgehead atoms. The maximum Gasteiger partial charge on any atom is 0.307 e. The molecule has 2 saturated carbocycles. The van der Waals surface area contributed by atoms with E-state index >= 15 is 0 Å².